The van der Waals surface area contributed by atoms with Gasteiger partial charge in [-0.05, 0) is 26.8 Å². The van der Waals surface area contributed by atoms with Gasteiger partial charge in [0.25, 0.3) is 0 Å². The van der Waals surface area contributed by atoms with Gasteiger partial charge in [0.05, 0.1) is 30.2 Å². The molecule has 8 nitrogen and oxygen atoms in total. The molecule has 0 fully saturated rings. The minimum Gasteiger partial charge on any atom is -0.481 e. The first kappa shape index (κ1) is 17.5. The van der Waals surface area contributed by atoms with E-state index in [2.05, 4.69) is 24.9 Å². The van der Waals surface area contributed by atoms with Gasteiger partial charge < -0.3 is 20.0 Å². The number of aryl methyl sites for hydroxylation is 1. The summed E-state index contributed by atoms with van der Waals surface area (Å²) in [6, 6.07) is 5.45. The molecule has 0 unspecified atom stereocenters. The van der Waals surface area contributed by atoms with E-state index in [4.69, 9.17) is 15.2 Å². The first-order valence-corrected chi connectivity index (χ1v) is 7.40. The lowest BCUT2D eigenvalue weighted by atomic mass is 10.1. The van der Waals surface area contributed by atoms with Crippen molar-refractivity contribution in [1.29, 1.82) is 0 Å². The summed E-state index contributed by atoms with van der Waals surface area (Å²) in [4.78, 5) is 17.9. The van der Waals surface area contributed by atoms with Gasteiger partial charge >= 0.3 is 0 Å². The van der Waals surface area contributed by atoms with Crippen LogP contribution >= 0.6 is 0 Å². The van der Waals surface area contributed by atoms with Crippen LogP contribution in [-0.4, -0.2) is 41.1 Å². The third kappa shape index (κ3) is 3.89. The first-order valence-electron chi connectivity index (χ1n) is 7.40. The van der Waals surface area contributed by atoms with Gasteiger partial charge in [-0.2, -0.15) is 4.98 Å². The van der Waals surface area contributed by atoms with E-state index in [1.165, 1.54) is 7.11 Å². The molecule has 0 atom stereocenters. The fourth-order valence-corrected chi connectivity index (χ4v) is 2.07. The first-order chi connectivity index (χ1) is 11.5. The van der Waals surface area contributed by atoms with Crippen molar-refractivity contribution >= 4 is 5.84 Å². The maximum Gasteiger partial charge on any atom is 0.227 e. The number of methoxy groups -OCH3 is 1. The van der Waals surface area contributed by atoms with Crippen molar-refractivity contribution in [1.82, 2.24) is 15.0 Å². The Balaban J connectivity index is 2.63. The number of oxime groups is 1. The molecule has 0 radical (unpaired) electrons. The number of pyridine rings is 1. The van der Waals surface area contributed by atoms with Crippen molar-refractivity contribution < 1.29 is 14.3 Å². The smallest absolute Gasteiger partial charge is 0.227 e. The monoisotopic (exact) mass is 331 g/mol. The Bertz CT molecular complexity index is 746. The van der Waals surface area contributed by atoms with Crippen molar-refractivity contribution in [3.63, 3.8) is 0 Å². The van der Waals surface area contributed by atoms with E-state index < -0.39 is 0 Å². The second-order valence-electron chi connectivity index (χ2n) is 5.20. The molecule has 2 rings (SSSR count). The normalized spacial score (nSPS) is 11.5. The molecule has 0 spiro atoms. The molecule has 0 aliphatic rings. The third-order valence-corrected chi connectivity index (χ3v) is 3.01. The summed E-state index contributed by atoms with van der Waals surface area (Å²) in [5, 5.41) is 3.66. The van der Waals surface area contributed by atoms with Crippen LogP contribution in [0.4, 0.5) is 0 Å². The molecule has 2 aromatic rings. The average molecular weight is 331 g/mol. The molecular weight excluding hydrogens is 310 g/mol. The predicted octanol–water partition coefficient (Wildman–Crippen LogP) is 1.91. The highest BCUT2D eigenvalue weighted by Crippen LogP contribution is 2.31. The van der Waals surface area contributed by atoms with E-state index >= 15 is 0 Å². The second kappa shape index (κ2) is 7.58. The lowest BCUT2D eigenvalue weighted by molar-refractivity contribution is 0.212. The molecule has 0 aromatic carbocycles. The summed E-state index contributed by atoms with van der Waals surface area (Å²) in [6.45, 7) is 5.65. The lowest BCUT2D eigenvalue weighted by Crippen LogP contribution is -2.20. The zero-order chi connectivity index (χ0) is 17.7. The van der Waals surface area contributed by atoms with Crippen LogP contribution in [0.5, 0.6) is 11.8 Å². The topological polar surface area (TPSA) is 105 Å². The van der Waals surface area contributed by atoms with Crippen LogP contribution in [0.3, 0.4) is 0 Å². The standard InChI is InChI=1S/C16H21N5O3/c1-9(2)24-16-13(11-7-6-8-12(19-11)22-4)10(3)18-15(20-16)14(17)21-23-5/h6-9H,1-5H3,(H2,17,21). The summed E-state index contributed by atoms with van der Waals surface area (Å²) in [5.41, 5.74) is 7.80. The summed E-state index contributed by atoms with van der Waals surface area (Å²) in [6.07, 6.45) is -0.0860. The van der Waals surface area contributed by atoms with Gasteiger partial charge in [0.15, 0.2) is 0 Å². The van der Waals surface area contributed by atoms with Gasteiger partial charge in [-0.3, -0.25) is 0 Å². The quantitative estimate of drug-likeness (QED) is 0.489. The van der Waals surface area contributed by atoms with Gasteiger partial charge in [0, 0.05) is 6.07 Å². The van der Waals surface area contributed by atoms with Crippen LogP contribution in [0.25, 0.3) is 11.3 Å². The molecule has 0 aliphatic carbocycles. The van der Waals surface area contributed by atoms with Crippen LogP contribution < -0.4 is 15.2 Å². The van der Waals surface area contributed by atoms with Crippen molar-refractivity contribution in [2.24, 2.45) is 10.9 Å². The van der Waals surface area contributed by atoms with E-state index in [1.807, 2.05) is 32.9 Å². The van der Waals surface area contributed by atoms with Crippen LogP contribution in [0.15, 0.2) is 23.4 Å². The number of ether oxygens (including phenoxy) is 2. The molecule has 2 N–H and O–H groups in total. The van der Waals surface area contributed by atoms with Crippen LogP contribution in [-0.2, 0) is 4.84 Å². The minimum absolute atomic E-state index is 0.0688. The van der Waals surface area contributed by atoms with Gasteiger partial charge in [-0.25, -0.2) is 9.97 Å². The summed E-state index contributed by atoms with van der Waals surface area (Å²) < 4.78 is 11.0. The highest BCUT2D eigenvalue weighted by molar-refractivity contribution is 5.94. The molecule has 128 valence electrons. The lowest BCUT2D eigenvalue weighted by Gasteiger charge is -2.16. The Morgan fingerprint density at radius 3 is 2.54 bits per heavy atom. The molecular formula is C16H21N5O3. The molecule has 2 heterocycles. The van der Waals surface area contributed by atoms with E-state index in [1.54, 1.807) is 13.2 Å². The fourth-order valence-electron chi connectivity index (χ4n) is 2.07. The number of hydrogen-bond donors (Lipinski definition) is 1. The highest BCUT2D eigenvalue weighted by atomic mass is 16.6. The third-order valence-electron chi connectivity index (χ3n) is 3.01. The van der Waals surface area contributed by atoms with Crippen molar-refractivity contribution in [3.05, 3.63) is 29.7 Å². The van der Waals surface area contributed by atoms with Crippen molar-refractivity contribution in [2.75, 3.05) is 14.2 Å². The Kier molecular flexibility index (Phi) is 5.51. The van der Waals surface area contributed by atoms with E-state index in [-0.39, 0.29) is 17.8 Å². The number of hydrogen-bond acceptors (Lipinski definition) is 7. The van der Waals surface area contributed by atoms with E-state index in [9.17, 15) is 0 Å². The number of nitrogens with two attached hydrogens (primary N) is 1. The molecule has 0 saturated carbocycles. The molecule has 24 heavy (non-hydrogen) atoms. The zero-order valence-electron chi connectivity index (χ0n) is 14.4. The fraction of sp³-hybridized carbons (Fsp3) is 0.375. The molecule has 0 bridgehead atoms. The van der Waals surface area contributed by atoms with Gasteiger partial charge in [-0.15, -0.1) is 0 Å². The van der Waals surface area contributed by atoms with Crippen molar-refractivity contribution in [2.45, 2.75) is 26.9 Å². The molecule has 2 aromatic heterocycles. The van der Waals surface area contributed by atoms with Crippen LogP contribution in [0.1, 0.15) is 25.4 Å². The Morgan fingerprint density at radius 1 is 1.17 bits per heavy atom. The Hall–Kier alpha value is -2.90. The second-order valence-corrected chi connectivity index (χ2v) is 5.20. The molecule has 0 amide bonds. The number of amidine groups is 1. The minimum atomic E-state index is -0.0860. The predicted molar refractivity (Wildman–Crippen MR) is 90.0 cm³/mol. The number of aromatic nitrogens is 3. The largest absolute Gasteiger partial charge is 0.481 e. The van der Waals surface area contributed by atoms with E-state index in [0.29, 0.717) is 28.7 Å². The highest BCUT2D eigenvalue weighted by Gasteiger charge is 2.19. The van der Waals surface area contributed by atoms with Crippen molar-refractivity contribution in [3.8, 4) is 23.0 Å². The zero-order valence-corrected chi connectivity index (χ0v) is 14.4. The van der Waals surface area contributed by atoms with Crippen LogP contribution in [0.2, 0.25) is 0 Å². The SMILES string of the molecule is CON=C(N)c1nc(C)c(-c2cccc(OC)n2)c(OC(C)C)n1. The summed E-state index contributed by atoms with van der Waals surface area (Å²) in [7, 11) is 2.96. The maximum absolute atomic E-state index is 5.84. The Morgan fingerprint density at radius 2 is 1.92 bits per heavy atom. The number of rotatable bonds is 6. The van der Waals surface area contributed by atoms with E-state index in [0.717, 1.165) is 0 Å². The average Bonchev–Trinajstić information content (AvgIpc) is 2.54. The van der Waals surface area contributed by atoms with Crippen LogP contribution in [0, 0.1) is 6.92 Å². The maximum atomic E-state index is 5.84. The molecule has 8 heteroatoms. The van der Waals surface area contributed by atoms with Gasteiger partial charge in [0.2, 0.25) is 23.4 Å². The van der Waals surface area contributed by atoms with Gasteiger partial charge in [0.1, 0.15) is 7.11 Å². The number of nitrogens with zero attached hydrogens (tertiary/aromatic N) is 4. The molecule has 0 aliphatic heterocycles. The summed E-state index contributed by atoms with van der Waals surface area (Å²) >= 11 is 0. The van der Waals surface area contributed by atoms with Gasteiger partial charge in [-0.1, -0.05) is 11.2 Å². The molecule has 0 saturated heterocycles. The Labute approximate surface area is 140 Å². The summed E-state index contributed by atoms with van der Waals surface area (Å²) in [5.74, 6) is 1.17.